The van der Waals surface area contributed by atoms with Crippen LogP contribution >= 0.6 is 0 Å². The summed E-state index contributed by atoms with van der Waals surface area (Å²) in [7, 11) is 1.45. The standard InChI is InChI=1S/C33H34F3N3O7/c1-3-45-31(40)16-23-9-12-29(30(15-23)44-2)46-25-13-14-37(19-25)21-32(41,33(34,35)36)27-20-38(18-22-7-5-4-6-8-22)28-17-24(39(42)43)10-11-26(27)28/h4-12,15,17,20,25,41H,3,13-14,16,18-19,21H2,1-2H3/t25-,32?/m0/s1. The Morgan fingerprint density at radius 2 is 1.83 bits per heavy atom. The summed E-state index contributed by atoms with van der Waals surface area (Å²) in [5.41, 5.74) is -2.31. The van der Waals surface area contributed by atoms with Crippen LogP contribution in [0.1, 0.15) is 30.0 Å². The molecule has 5 rings (SSSR count). The highest BCUT2D eigenvalue weighted by Gasteiger charge is 2.57. The second kappa shape index (κ2) is 13.4. The first-order valence-corrected chi connectivity index (χ1v) is 14.7. The number of nitro groups is 1. The molecular formula is C33H34F3N3O7. The van der Waals surface area contributed by atoms with Gasteiger partial charge in [-0.2, -0.15) is 13.2 Å². The Morgan fingerprint density at radius 1 is 1.07 bits per heavy atom. The molecule has 2 heterocycles. The van der Waals surface area contributed by atoms with Crippen LogP contribution in [-0.2, 0) is 28.1 Å². The van der Waals surface area contributed by atoms with E-state index in [0.717, 1.165) is 11.6 Å². The fourth-order valence-corrected chi connectivity index (χ4v) is 5.80. The van der Waals surface area contributed by atoms with E-state index in [9.17, 15) is 33.2 Å². The Bertz CT molecular complexity index is 1710. The molecule has 1 fully saturated rings. The van der Waals surface area contributed by atoms with Crippen LogP contribution in [0.3, 0.4) is 0 Å². The minimum absolute atomic E-state index is 0.0484. The first-order chi connectivity index (χ1) is 21.9. The summed E-state index contributed by atoms with van der Waals surface area (Å²) in [5, 5.41) is 23.1. The number of nitrogens with zero attached hydrogens (tertiary/aromatic N) is 3. The topological polar surface area (TPSA) is 116 Å². The van der Waals surface area contributed by atoms with Crippen molar-refractivity contribution in [1.82, 2.24) is 9.47 Å². The molecule has 13 heteroatoms. The molecule has 3 aromatic carbocycles. The van der Waals surface area contributed by atoms with Crippen LogP contribution in [0.2, 0.25) is 0 Å². The molecule has 10 nitrogen and oxygen atoms in total. The Labute approximate surface area is 263 Å². The number of carbonyl (C=O) groups is 1. The summed E-state index contributed by atoms with van der Waals surface area (Å²) in [5.74, 6) is 0.356. The van der Waals surface area contributed by atoms with Crippen molar-refractivity contribution in [2.45, 2.75) is 44.2 Å². The molecule has 1 saturated heterocycles. The molecule has 1 aliphatic rings. The number of β-amino-alcohol motifs (C(OH)–C–C–N with tert-alkyl or cyclic N) is 1. The van der Waals surface area contributed by atoms with Crippen molar-refractivity contribution in [3.63, 3.8) is 0 Å². The number of esters is 1. The van der Waals surface area contributed by atoms with E-state index in [1.165, 1.54) is 34.9 Å². The Morgan fingerprint density at radius 3 is 2.50 bits per heavy atom. The zero-order valence-corrected chi connectivity index (χ0v) is 25.3. The monoisotopic (exact) mass is 641 g/mol. The number of aliphatic hydroxyl groups is 1. The number of halogens is 3. The molecule has 1 aromatic heterocycles. The van der Waals surface area contributed by atoms with Crippen molar-refractivity contribution in [2.75, 3.05) is 33.4 Å². The van der Waals surface area contributed by atoms with E-state index < -0.39 is 29.3 Å². The normalized spacial score (nSPS) is 16.7. The summed E-state index contributed by atoms with van der Waals surface area (Å²) >= 11 is 0. The first kappa shape index (κ1) is 32.8. The number of hydrogen-bond acceptors (Lipinski definition) is 8. The molecular weight excluding hydrogens is 607 g/mol. The summed E-state index contributed by atoms with van der Waals surface area (Å²) in [6.07, 6.45) is -3.89. The van der Waals surface area contributed by atoms with Gasteiger partial charge in [-0.3, -0.25) is 19.8 Å². The lowest BCUT2D eigenvalue weighted by molar-refractivity contribution is -0.384. The van der Waals surface area contributed by atoms with Crippen molar-refractivity contribution in [1.29, 1.82) is 0 Å². The molecule has 0 aliphatic carbocycles. The van der Waals surface area contributed by atoms with Gasteiger partial charge in [-0.15, -0.1) is 0 Å². The highest BCUT2D eigenvalue weighted by molar-refractivity contribution is 5.87. The largest absolute Gasteiger partial charge is 0.493 e. The molecule has 4 aromatic rings. The number of alkyl halides is 3. The van der Waals surface area contributed by atoms with Crippen molar-refractivity contribution < 1.29 is 42.2 Å². The van der Waals surface area contributed by atoms with Gasteiger partial charge in [0.15, 0.2) is 11.5 Å². The van der Waals surface area contributed by atoms with E-state index in [0.29, 0.717) is 23.5 Å². The Kier molecular flexibility index (Phi) is 9.54. The Hall–Kier alpha value is -4.62. The minimum Gasteiger partial charge on any atom is -0.493 e. The van der Waals surface area contributed by atoms with Crippen LogP contribution in [0.15, 0.2) is 72.9 Å². The zero-order chi connectivity index (χ0) is 33.1. The van der Waals surface area contributed by atoms with E-state index in [-0.39, 0.29) is 60.8 Å². The number of hydrogen-bond donors (Lipinski definition) is 1. The van der Waals surface area contributed by atoms with Gasteiger partial charge in [0, 0.05) is 55.5 Å². The molecule has 244 valence electrons. The summed E-state index contributed by atoms with van der Waals surface area (Å²) in [6, 6.07) is 17.6. The van der Waals surface area contributed by atoms with Gasteiger partial charge in [-0.25, -0.2) is 0 Å². The highest BCUT2D eigenvalue weighted by Crippen LogP contribution is 2.44. The predicted molar refractivity (Wildman–Crippen MR) is 163 cm³/mol. The highest BCUT2D eigenvalue weighted by atomic mass is 19.4. The third-order valence-electron chi connectivity index (χ3n) is 8.04. The van der Waals surface area contributed by atoms with Gasteiger partial charge in [0.05, 0.1) is 30.6 Å². The first-order valence-electron chi connectivity index (χ1n) is 14.7. The quantitative estimate of drug-likeness (QED) is 0.121. The summed E-state index contributed by atoms with van der Waals surface area (Å²) in [6.45, 7) is 1.67. The molecule has 0 saturated carbocycles. The third kappa shape index (κ3) is 6.95. The SMILES string of the molecule is CCOC(=O)Cc1ccc(O[C@H]2CCN(CC(O)(c3cn(Cc4ccccc4)c4cc([N+](=O)[O-])ccc34)C(F)(F)F)C2)c(OC)c1. The molecule has 0 bridgehead atoms. The molecule has 2 atom stereocenters. The van der Waals surface area contributed by atoms with Gasteiger partial charge >= 0.3 is 12.1 Å². The van der Waals surface area contributed by atoms with Gasteiger partial charge in [0.1, 0.15) is 6.10 Å². The molecule has 1 N–H and O–H groups in total. The molecule has 46 heavy (non-hydrogen) atoms. The molecule has 1 aliphatic heterocycles. The van der Waals surface area contributed by atoms with Crippen molar-refractivity contribution in [3.8, 4) is 11.5 Å². The predicted octanol–water partition coefficient (Wildman–Crippen LogP) is 5.62. The van der Waals surface area contributed by atoms with Gasteiger partial charge in [0.25, 0.3) is 5.69 Å². The number of aromatic nitrogens is 1. The molecule has 0 amide bonds. The number of benzene rings is 3. The fourth-order valence-electron chi connectivity index (χ4n) is 5.80. The van der Waals surface area contributed by atoms with Crippen molar-refractivity contribution in [3.05, 3.63) is 99.7 Å². The van der Waals surface area contributed by atoms with Gasteiger partial charge in [0.2, 0.25) is 5.60 Å². The number of non-ortho nitro benzene ring substituents is 1. The smallest absolute Gasteiger partial charge is 0.422 e. The third-order valence-corrected chi connectivity index (χ3v) is 8.04. The Balaban J connectivity index is 1.40. The maximum Gasteiger partial charge on any atom is 0.422 e. The number of ether oxygens (including phenoxy) is 3. The van der Waals surface area contributed by atoms with E-state index in [1.807, 2.05) is 0 Å². The fraction of sp³-hybridized carbons (Fsp3) is 0.364. The van der Waals surface area contributed by atoms with Crippen LogP contribution in [-0.4, -0.2) is 71.1 Å². The minimum atomic E-state index is -5.07. The van der Waals surface area contributed by atoms with Crippen LogP contribution < -0.4 is 9.47 Å². The van der Waals surface area contributed by atoms with E-state index in [4.69, 9.17) is 14.2 Å². The lowest BCUT2D eigenvalue weighted by Gasteiger charge is -2.34. The number of fused-ring (bicyclic) bond motifs is 1. The molecule has 0 spiro atoms. The maximum atomic E-state index is 14.9. The van der Waals surface area contributed by atoms with Gasteiger partial charge < -0.3 is 23.9 Å². The lowest BCUT2D eigenvalue weighted by atomic mass is 9.92. The summed E-state index contributed by atoms with van der Waals surface area (Å²) in [4.78, 5) is 24.3. The summed E-state index contributed by atoms with van der Waals surface area (Å²) < 4.78 is 62.6. The number of carbonyl (C=O) groups excluding carboxylic acids is 1. The van der Waals surface area contributed by atoms with E-state index >= 15 is 0 Å². The average molecular weight is 642 g/mol. The van der Waals surface area contributed by atoms with Crippen LogP contribution in [0, 0.1) is 10.1 Å². The number of nitro benzene ring substituents is 1. The molecule has 0 radical (unpaired) electrons. The van der Waals surface area contributed by atoms with Crippen LogP contribution in [0.4, 0.5) is 18.9 Å². The number of methoxy groups -OCH3 is 1. The maximum absolute atomic E-state index is 14.9. The van der Waals surface area contributed by atoms with Crippen molar-refractivity contribution in [2.24, 2.45) is 0 Å². The van der Waals surface area contributed by atoms with E-state index in [1.54, 1.807) is 55.5 Å². The van der Waals surface area contributed by atoms with Crippen LogP contribution in [0.25, 0.3) is 10.9 Å². The second-order valence-corrected chi connectivity index (χ2v) is 11.2. The van der Waals surface area contributed by atoms with Gasteiger partial charge in [-0.05, 0) is 42.7 Å². The number of rotatable bonds is 12. The zero-order valence-electron chi connectivity index (χ0n) is 25.3. The van der Waals surface area contributed by atoms with Crippen LogP contribution in [0.5, 0.6) is 11.5 Å². The second-order valence-electron chi connectivity index (χ2n) is 11.2. The molecule has 1 unspecified atom stereocenters. The van der Waals surface area contributed by atoms with Crippen molar-refractivity contribution >= 4 is 22.6 Å². The lowest BCUT2D eigenvalue weighted by Crippen LogP contribution is -2.50. The number of likely N-dealkylation sites (tertiary alicyclic amines) is 1. The van der Waals surface area contributed by atoms with Gasteiger partial charge in [-0.1, -0.05) is 36.4 Å². The average Bonchev–Trinajstić information content (AvgIpc) is 3.61. The van der Waals surface area contributed by atoms with E-state index in [2.05, 4.69) is 0 Å².